The first-order valence-corrected chi connectivity index (χ1v) is 26.2. The lowest BCUT2D eigenvalue weighted by Crippen LogP contribution is -2.65. The third-order valence-corrected chi connectivity index (χ3v) is 15.1. The van der Waals surface area contributed by atoms with Gasteiger partial charge in [-0.05, 0) is 91.2 Å². The molecule has 0 aliphatic carbocycles. The maximum atomic E-state index is 13.9. The molecule has 0 spiro atoms. The van der Waals surface area contributed by atoms with Crippen molar-refractivity contribution >= 4 is 24.0 Å². The maximum absolute atomic E-state index is 13.9. The Morgan fingerprint density at radius 3 is 2.12 bits per heavy atom. The van der Waals surface area contributed by atoms with Crippen LogP contribution < -0.4 is 4.74 Å². The summed E-state index contributed by atoms with van der Waals surface area (Å²) in [4.78, 5) is 55.0. The van der Waals surface area contributed by atoms with Crippen LogP contribution in [0.15, 0.2) is 48.1 Å². The van der Waals surface area contributed by atoms with Gasteiger partial charge in [-0.3, -0.25) is 14.4 Å². The van der Waals surface area contributed by atoms with Gasteiger partial charge < -0.3 is 82.2 Å². The van der Waals surface area contributed by atoms with Crippen LogP contribution in [0.1, 0.15) is 93.1 Å². The molecule has 0 aromatic heterocycles. The van der Waals surface area contributed by atoms with Crippen molar-refractivity contribution in [2.24, 2.45) is 23.7 Å². The Bertz CT molecular complexity index is 2050. The standard InChI is InChI=1S/C55H85NO19/c1-14-41-37(28-68-54-51(67-13)50(66-12)46(62)32(5)70-54)23-29(2)15-20-39(58)30(3)24-36(21-22-57)48(31(4)40(59)26-43(61)72-41)75-53-47(63)45(56(9)10)49(33(6)71-53)74-44-27-55(8,64)52(34(7)69-44)73-42(60)25-35-16-18-38(65-11)19-17-35/h15-20,22-23,30-34,36-37,40-41,44-54,59,62-64H,14,21,24-28H2,1-13H3/b20-15+,29-23+/t30-,31+,32-,33+,34+,36+,37?,40-,41-,44+,45-,46-,47-,48-,49-,50-,51-,52+,53-,54?,55-/m1/s1. The van der Waals surface area contributed by atoms with Gasteiger partial charge >= 0.3 is 11.9 Å². The molecular formula is C55H85NO19. The molecule has 20 nitrogen and oxygen atoms in total. The van der Waals surface area contributed by atoms with E-state index in [0.717, 1.165) is 0 Å². The smallest absolute Gasteiger partial charge is 0.310 e. The lowest BCUT2D eigenvalue weighted by molar-refractivity contribution is -0.342. The quantitative estimate of drug-likeness (QED) is 0.128. The van der Waals surface area contributed by atoms with Gasteiger partial charge in [0.2, 0.25) is 0 Å². The highest BCUT2D eigenvalue weighted by atomic mass is 16.7. The number of ketones is 1. The number of esters is 2. The Balaban J connectivity index is 1.34. The Labute approximate surface area is 442 Å². The Morgan fingerprint density at radius 2 is 1.52 bits per heavy atom. The Morgan fingerprint density at radius 1 is 0.853 bits per heavy atom. The van der Waals surface area contributed by atoms with E-state index in [-0.39, 0.29) is 38.1 Å². The van der Waals surface area contributed by atoms with Gasteiger partial charge in [0.1, 0.15) is 54.3 Å². The number of rotatable bonds is 17. The fourth-order valence-corrected chi connectivity index (χ4v) is 10.8. The van der Waals surface area contributed by atoms with Gasteiger partial charge in [0.05, 0.1) is 63.1 Å². The molecule has 3 saturated heterocycles. The number of carbonyl (C=O) groups excluding carboxylic acids is 4. The summed E-state index contributed by atoms with van der Waals surface area (Å²) in [6, 6.07) is 6.19. The number of aliphatic hydroxyl groups is 4. The minimum Gasteiger partial charge on any atom is -0.497 e. The lowest BCUT2D eigenvalue weighted by Gasteiger charge is -2.50. The number of hydrogen-bond acceptors (Lipinski definition) is 20. The van der Waals surface area contributed by atoms with Crippen molar-refractivity contribution in [1.29, 1.82) is 0 Å². The van der Waals surface area contributed by atoms with Gasteiger partial charge in [0, 0.05) is 44.8 Å². The van der Waals surface area contributed by atoms with Crippen LogP contribution in [0, 0.1) is 23.7 Å². The number of hydrogen-bond donors (Lipinski definition) is 4. The topological polar surface area (TPSA) is 254 Å². The van der Waals surface area contributed by atoms with E-state index in [1.165, 1.54) is 20.3 Å². The van der Waals surface area contributed by atoms with Gasteiger partial charge in [-0.1, -0.05) is 50.6 Å². The average molecular weight is 1060 g/mol. The third-order valence-electron chi connectivity index (χ3n) is 15.1. The number of aliphatic hydroxyl groups excluding tert-OH is 3. The number of nitrogens with zero attached hydrogens (tertiary/aromatic N) is 1. The summed E-state index contributed by atoms with van der Waals surface area (Å²) in [6.07, 6.45) is -9.07. The monoisotopic (exact) mass is 1060 g/mol. The second kappa shape index (κ2) is 28.2. The molecule has 2 unspecified atom stereocenters. The summed E-state index contributed by atoms with van der Waals surface area (Å²) in [6.45, 7) is 13.7. The zero-order valence-corrected chi connectivity index (χ0v) is 46.0. The van der Waals surface area contributed by atoms with Crippen molar-refractivity contribution < 1.29 is 91.7 Å². The van der Waals surface area contributed by atoms with Gasteiger partial charge in [-0.2, -0.15) is 0 Å². The molecule has 20 heteroatoms. The van der Waals surface area contributed by atoms with Crippen molar-refractivity contribution in [2.45, 2.75) is 198 Å². The number of methoxy groups -OCH3 is 3. The van der Waals surface area contributed by atoms with Crippen LogP contribution in [0.5, 0.6) is 5.75 Å². The number of aldehydes is 1. The van der Waals surface area contributed by atoms with Crippen LogP contribution in [-0.2, 0) is 73.0 Å². The Kier molecular flexibility index (Phi) is 23.4. The molecular weight excluding hydrogens is 979 g/mol. The lowest BCUT2D eigenvalue weighted by atomic mass is 9.79. The van der Waals surface area contributed by atoms with E-state index in [1.54, 1.807) is 105 Å². The molecule has 21 atom stereocenters. The largest absolute Gasteiger partial charge is 0.497 e. The van der Waals surface area contributed by atoms with E-state index in [4.69, 9.17) is 52.1 Å². The van der Waals surface area contributed by atoms with Crippen molar-refractivity contribution in [3.63, 3.8) is 0 Å². The molecule has 0 saturated carbocycles. The van der Waals surface area contributed by atoms with Crippen LogP contribution in [0.4, 0.5) is 0 Å². The first-order chi connectivity index (χ1) is 35.5. The summed E-state index contributed by atoms with van der Waals surface area (Å²) in [5, 5.41) is 46.5. The van der Waals surface area contributed by atoms with Gasteiger partial charge in [0.15, 0.2) is 30.8 Å². The van der Waals surface area contributed by atoms with Gasteiger partial charge in [-0.25, -0.2) is 0 Å². The maximum Gasteiger partial charge on any atom is 0.310 e. The number of carbonyl (C=O) groups is 4. The van der Waals surface area contributed by atoms with E-state index in [0.29, 0.717) is 29.6 Å². The first-order valence-electron chi connectivity index (χ1n) is 26.2. The highest BCUT2D eigenvalue weighted by Gasteiger charge is 2.53. The number of allylic oxidation sites excluding steroid dienone is 3. The highest BCUT2D eigenvalue weighted by Crippen LogP contribution is 2.38. The molecule has 424 valence electrons. The normalized spacial score (nSPS) is 40.7. The molecule has 4 aliphatic heterocycles. The SMILES string of the molecule is CC[C@H]1OC(=O)C[C@@H](O)[C@H](C)[C@@H](O[C@H]2O[C@@H](C)[C@@H](O[C@H]3C[C@@](C)(O)[C@@H](OC(=O)Cc4ccc(OC)cc4)[C@H](C)O3)[C@H](N(C)C)[C@H]2O)[C@@H](CC=O)C[C@@H](C)C(=O)/C=C/C(C)=C/C1COC1O[C@H](C)[C@@H](O)[C@@H](OC)[C@H]1OC. The van der Waals surface area contributed by atoms with E-state index in [9.17, 15) is 39.6 Å². The summed E-state index contributed by atoms with van der Waals surface area (Å²) < 4.78 is 66.5. The molecule has 0 radical (unpaired) electrons. The molecule has 1 aromatic rings. The zero-order valence-electron chi connectivity index (χ0n) is 46.0. The molecule has 4 N–H and O–H groups in total. The number of ether oxygens (including phenoxy) is 11. The van der Waals surface area contributed by atoms with Crippen LogP contribution >= 0.6 is 0 Å². The van der Waals surface area contributed by atoms with E-state index >= 15 is 0 Å². The highest BCUT2D eigenvalue weighted by molar-refractivity contribution is 5.91. The summed E-state index contributed by atoms with van der Waals surface area (Å²) in [7, 11) is 7.97. The summed E-state index contributed by atoms with van der Waals surface area (Å²) in [5.41, 5.74) is -0.200. The summed E-state index contributed by atoms with van der Waals surface area (Å²) in [5.74, 6) is -3.62. The van der Waals surface area contributed by atoms with Crippen molar-refractivity contribution in [1.82, 2.24) is 4.90 Å². The minimum absolute atomic E-state index is 0.0206. The Hall–Kier alpha value is -3.74. The molecule has 75 heavy (non-hydrogen) atoms. The zero-order chi connectivity index (χ0) is 55.5. The number of benzene rings is 1. The minimum atomic E-state index is -1.58. The van der Waals surface area contributed by atoms with E-state index in [2.05, 4.69) is 0 Å². The number of cyclic esters (lactones) is 1. The first kappa shape index (κ1) is 62.1. The summed E-state index contributed by atoms with van der Waals surface area (Å²) >= 11 is 0. The molecule has 1 aromatic carbocycles. The van der Waals surface area contributed by atoms with Gasteiger partial charge in [0.25, 0.3) is 0 Å². The van der Waals surface area contributed by atoms with Crippen LogP contribution in [-0.4, -0.2) is 195 Å². The molecule has 5 rings (SSSR count). The average Bonchev–Trinajstić information content (AvgIpc) is 3.35. The van der Waals surface area contributed by atoms with Gasteiger partial charge in [-0.15, -0.1) is 0 Å². The predicted octanol–water partition coefficient (Wildman–Crippen LogP) is 3.64. The molecule has 3 fully saturated rings. The van der Waals surface area contributed by atoms with Crippen molar-refractivity contribution in [2.75, 3.05) is 42.0 Å². The van der Waals surface area contributed by atoms with Crippen LogP contribution in [0.2, 0.25) is 0 Å². The molecule has 0 amide bonds. The van der Waals surface area contributed by atoms with E-state index in [1.807, 2.05) is 13.0 Å². The number of likely N-dealkylation sites (N-methyl/N-ethyl adjacent to an activating group) is 1. The second-order valence-corrected chi connectivity index (χ2v) is 21.2. The molecule has 0 bridgehead atoms. The fraction of sp³-hybridized carbons (Fsp3) is 0.745. The van der Waals surface area contributed by atoms with Crippen LogP contribution in [0.3, 0.4) is 0 Å². The molecule has 4 aliphatic rings. The van der Waals surface area contributed by atoms with Crippen LogP contribution in [0.25, 0.3) is 0 Å². The fourth-order valence-electron chi connectivity index (χ4n) is 10.8. The van der Waals surface area contributed by atoms with E-state index < -0.39 is 146 Å². The van der Waals surface area contributed by atoms with Crippen molar-refractivity contribution in [3.05, 3.63) is 53.6 Å². The van der Waals surface area contributed by atoms with Crippen molar-refractivity contribution in [3.8, 4) is 5.75 Å². The molecule has 4 heterocycles. The second-order valence-electron chi connectivity index (χ2n) is 21.2. The predicted molar refractivity (Wildman–Crippen MR) is 271 cm³/mol. The third kappa shape index (κ3) is 16.2.